The zero-order chi connectivity index (χ0) is 15.5. The molecule has 2 nitrogen and oxygen atoms in total. The lowest BCUT2D eigenvalue weighted by atomic mass is 10.1. The zero-order valence-electron chi connectivity index (χ0n) is 13.2. The van der Waals surface area contributed by atoms with Gasteiger partial charge in [0.25, 0.3) is 0 Å². The highest BCUT2D eigenvalue weighted by molar-refractivity contribution is 9.08. The summed E-state index contributed by atoms with van der Waals surface area (Å²) in [6.07, 6.45) is 8.56. The van der Waals surface area contributed by atoms with Gasteiger partial charge in [0, 0.05) is 5.33 Å². The Bertz CT molecular complexity index is 400. The fraction of sp³-hybridized carbons (Fsp3) is 0.611. The zero-order valence-corrected chi connectivity index (χ0v) is 14.8. The minimum absolute atomic E-state index is 0.000438. The Morgan fingerprint density at radius 2 is 1.71 bits per heavy atom. The van der Waals surface area contributed by atoms with Crippen LogP contribution in [0, 0.1) is 0 Å². The van der Waals surface area contributed by atoms with Crippen molar-refractivity contribution in [3.63, 3.8) is 0 Å². The monoisotopic (exact) mass is 354 g/mol. The number of carbonyl (C=O) groups is 1. The molecule has 0 aromatic heterocycles. The first-order chi connectivity index (χ1) is 10.2. The van der Waals surface area contributed by atoms with Crippen LogP contribution in [-0.4, -0.2) is 12.1 Å². The number of halogens is 1. The molecule has 1 atom stereocenters. The van der Waals surface area contributed by atoms with Gasteiger partial charge < -0.3 is 4.74 Å². The van der Waals surface area contributed by atoms with Crippen LogP contribution in [0.1, 0.15) is 74.7 Å². The number of rotatable bonds is 10. The molecule has 1 aromatic carbocycles. The molecule has 0 radical (unpaired) electrons. The predicted molar refractivity (Wildman–Crippen MR) is 91.9 cm³/mol. The van der Waals surface area contributed by atoms with Crippen LogP contribution >= 0.6 is 15.9 Å². The first-order valence-electron chi connectivity index (χ1n) is 8.03. The van der Waals surface area contributed by atoms with Crippen molar-refractivity contribution in [1.29, 1.82) is 0 Å². The van der Waals surface area contributed by atoms with Gasteiger partial charge in [-0.2, -0.15) is 0 Å². The maximum Gasteiger partial charge on any atom is 0.338 e. The number of esters is 1. The van der Waals surface area contributed by atoms with Crippen LogP contribution in [-0.2, 0) is 10.1 Å². The van der Waals surface area contributed by atoms with Crippen LogP contribution in [0.2, 0.25) is 0 Å². The van der Waals surface area contributed by atoms with Crippen LogP contribution in [0.3, 0.4) is 0 Å². The van der Waals surface area contributed by atoms with E-state index in [2.05, 4.69) is 22.9 Å². The Balaban J connectivity index is 2.23. The lowest BCUT2D eigenvalue weighted by molar-refractivity contribution is 0.0319. The van der Waals surface area contributed by atoms with Gasteiger partial charge in [-0.1, -0.05) is 67.1 Å². The number of unbranched alkanes of at least 4 members (excludes halogenated alkanes) is 5. The van der Waals surface area contributed by atoms with Gasteiger partial charge in [0.1, 0.15) is 0 Å². The summed E-state index contributed by atoms with van der Waals surface area (Å²) in [5.74, 6) is -0.213. The highest BCUT2D eigenvalue weighted by Gasteiger charge is 2.11. The van der Waals surface area contributed by atoms with Crippen LogP contribution in [0.25, 0.3) is 0 Å². The molecule has 3 heteroatoms. The summed E-state index contributed by atoms with van der Waals surface area (Å²) < 4.78 is 5.49. The van der Waals surface area contributed by atoms with Crippen molar-refractivity contribution in [3.8, 4) is 0 Å². The molecule has 1 rings (SSSR count). The van der Waals surface area contributed by atoms with Crippen LogP contribution < -0.4 is 0 Å². The number of benzene rings is 1. The topological polar surface area (TPSA) is 26.3 Å². The van der Waals surface area contributed by atoms with Gasteiger partial charge in [0.15, 0.2) is 0 Å². The van der Waals surface area contributed by atoms with Crippen molar-refractivity contribution >= 4 is 21.9 Å². The minimum Gasteiger partial charge on any atom is -0.459 e. The van der Waals surface area contributed by atoms with E-state index in [-0.39, 0.29) is 12.1 Å². The lowest BCUT2D eigenvalue weighted by Crippen LogP contribution is -2.15. The molecule has 0 aliphatic heterocycles. The van der Waals surface area contributed by atoms with Crippen LogP contribution in [0.4, 0.5) is 0 Å². The normalized spacial score (nSPS) is 12.1. The van der Waals surface area contributed by atoms with E-state index in [0.717, 1.165) is 23.7 Å². The third-order valence-electron chi connectivity index (χ3n) is 3.62. The fourth-order valence-corrected chi connectivity index (χ4v) is 2.63. The van der Waals surface area contributed by atoms with E-state index in [0.29, 0.717) is 5.56 Å². The molecule has 0 heterocycles. The van der Waals surface area contributed by atoms with Crippen molar-refractivity contribution in [3.05, 3.63) is 35.4 Å². The number of carbonyl (C=O) groups excluding carboxylic acids is 1. The Morgan fingerprint density at radius 3 is 2.33 bits per heavy atom. The van der Waals surface area contributed by atoms with E-state index in [1.165, 1.54) is 32.1 Å². The number of hydrogen-bond donors (Lipinski definition) is 0. The number of alkyl halides is 1. The second-order valence-corrected chi connectivity index (χ2v) is 6.16. The molecule has 0 N–H and O–H groups in total. The molecule has 0 saturated carbocycles. The highest BCUT2D eigenvalue weighted by atomic mass is 79.9. The Morgan fingerprint density at radius 1 is 1.10 bits per heavy atom. The fourth-order valence-electron chi connectivity index (χ4n) is 2.25. The summed E-state index contributed by atoms with van der Waals surface area (Å²) in [6.45, 7) is 4.21. The van der Waals surface area contributed by atoms with Crippen molar-refractivity contribution < 1.29 is 9.53 Å². The Labute approximate surface area is 137 Å². The molecule has 0 aliphatic carbocycles. The van der Waals surface area contributed by atoms with E-state index in [9.17, 15) is 4.79 Å². The maximum absolute atomic E-state index is 12.0. The standard InChI is InChI=1S/C18H27BrO2/c1-3-4-5-6-7-8-9-15(2)21-18(20)17-12-10-16(14-19)11-13-17/h10-13,15H,3-9,14H2,1-2H3. The van der Waals surface area contributed by atoms with E-state index in [4.69, 9.17) is 4.74 Å². The molecule has 1 unspecified atom stereocenters. The molecule has 0 aliphatic rings. The molecule has 0 bridgehead atoms. The quantitative estimate of drug-likeness (QED) is 0.298. The maximum atomic E-state index is 12.0. The Kier molecular flexibility index (Phi) is 9.40. The Hall–Kier alpha value is -0.830. The van der Waals surface area contributed by atoms with Crippen molar-refractivity contribution in [2.75, 3.05) is 0 Å². The van der Waals surface area contributed by atoms with Crippen molar-refractivity contribution in [2.45, 2.75) is 70.2 Å². The molecule has 21 heavy (non-hydrogen) atoms. The molecular weight excluding hydrogens is 328 g/mol. The third-order valence-corrected chi connectivity index (χ3v) is 4.26. The van der Waals surface area contributed by atoms with Gasteiger partial charge >= 0.3 is 5.97 Å². The van der Waals surface area contributed by atoms with Crippen molar-refractivity contribution in [1.82, 2.24) is 0 Å². The van der Waals surface area contributed by atoms with Gasteiger partial charge in [-0.3, -0.25) is 0 Å². The summed E-state index contributed by atoms with van der Waals surface area (Å²) in [7, 11) is 0. The van der Waals surface area contributed by atoms with Gasteiger partial charge in [-0.05, 0) is 37.5 Å². The summed E-state index contributed by atoms with van der Waals surface area (Å²) in [4.78, 5) is 12.0. The van der Waals surface area contributed by atoms with E-state index in [1.54, 1.807) is 0 Å². The van der Waals surface area contributed by atoms with Crippen molar-refractivity contribution in [2.24, 2.45) is 0 Å². The summed E-state index contributed by atoms with van der Waals surface area (Å²) >= 11 is 3.39. The first kappa shape index (κ1) is 18.2. The molecule has 0 saturated heterocycles. The predicted octanol–water partition coefficient (Wildman–Crippen LogP) is 5.88. The summed E-state index contributed by atoms with van der Waals surface area (Å²) in [6, 6.07) is 7.56. The SMILES string of the molecule is CCCCCCCCC(C)OC(=O)c1ccc(CBr)cc1. The number of hydrogen-bond acceptors (Lipinski definition) is 2. The van der Waals surface area contributed by atoms with Crippen LogP contribution in [0.5, 0.6) is 0 Å². The molecule has 0 fully saturated rings. The molecule has 118 valence electrons. The second-order valence-electron chi connectivity index (χ2n) is 5.60. The summed E-state index contributed by atoms with van der Waals surface area (Å²) in [5, 5.41) is 0.802. The third kappa shape index (κ3) is 7.66. The van der Waals surface area contributed by atoms with Gasteiger partial charge in [0.05, 0.1) is 11.7 Å². The number of ether oxygens (including phenoxy) is 1. The first-order valence-corrected chi connectivity index (χ1v) is 9.15. The van der Waals surface area contributed by atoms with Crippen LogP contribution in [0.15, 0.2) is 24.3 Å². The average Bonchev–Trinajstić information content (AvgIpc) is 2.50. The van der Waals surface area contributed by atoms with E-state index >= 15 is 0 Å². The highest BCUT2D eigenvalue weighted by Crippen LogP contribution is 2.13. The average molecular weight is 355 g/mol. The molecule has 0 amide bonds. The largest absolute Gasteiger partial charge is 0.459 e. The van der Waals surface area contributed by atoms with E-state index < -0.39 is 0 Å². The molecule has 0 spiro atoms. The molecule has 1 aromatic rings. The smallest absolute Gasteiger partial charge is 0.338 e. The lowest BCUT2D eigenvalue weighted by Gasteiger charge is -2.13. The van der Waals surface area contributed by atoms with Gasteiger partial charge in [0.2, 0.25) is 0 Å². The van der Waals surface area contributed by atoms with E-state index in [1.807, 2.05) is 31.2 Å². The van der Waals surface area contributed by atoms with Gasteiger partial charge in [-0.25, -0.2) is 4.79 Å². The summed E-state index contributed by atoms with van der Waals surface area (Å²) in [5.41, 5.74) is 1.79. The van der Waals surface area contributed by atoms with Gasteiger partial charge in [-0.15, -0.1) is 0 Å². The minimum atomic E-state index is -0.213. The second kappa shape index (κ2) is 10.8. The molecular formula is C18H27BrO2.